The van der Waals surface area contributed by atoms with E-state index in [1.54, 1.807) is 30.3 Å². The van der Waals surface area contributed by atoms with Crippen LogP contribution in [0, 0.1) is 0 Å². The number of ether oxygens (including phenoxy) is 3. The van der Waals surface area contributed by atoms with Crippen molar-refractivity contribution in [1.82, 2.24) is 5.32 Å². The Kier molecular flexibility index (Phi) is 5.91. The smallest absolute Gasteiger partial charge is 0.375 e. The molecular weight excluding hydrogens is 338 g/mol. The number of hydrogen-bond acceptors (Lipinski definition) is 6. The number of furan rings is 1. The molecule has 1 amide bonds. The first-order chi connectivity index (χ1) is 12.7. The van der Waals surface area contributed by atoms with E-state index in [2.05, 4.69) is 5.32 Å². The molecule has 2 heterocycles. The Balaban J connectivity index is 1.78. The lowest BCUT2D eigenvalue weighted by atomic mass is 10.1. The van der Waals surface area contributed by atoms with Crippen LogP contribution in [0.5, 0.6) is 5.75 Å². The zero-order valence-corrected chi connectivity index (χ0v) is 14.5. The Morgan fingerprint density at radius 1 is 1.27 bits per heavy atom. The fraction of sp³-hybridized carbons (Fsp3) is 0.368. The lowest BCUT2D eigenvalue weighted by Gasteiger charge is -2.20. The summed E-state index contributed by atoms with van der Waals surface area (Å²) in [6, 6.07) is 9.97. The predicted octanol–water partition coefficient (Wildman–Crippen LogP) is 2.48. The van der Waals surface area contributed by atoms with Crippen molar-refractivity contribution in [2.45, 2.75) is 25.0 Å². The van der Waals surface area contributed by atoms with Gasteiger partial charge in [-0.25, -0.2) is 4.79 Å². The number of carbonyl (C=O) groups is 2. The first kappa shape index (κ1) is 18.0. The third kappa shape index (κ3) is 4.23. The van der Waals surface area contributed by atoms with E-state index in [1.807, 2.05) is 0 Å². The lowest BCUT2D eigenvalue weighted by Crippen LogP contribution is -2.37. The molecule has 1 N–H and O–H groups in total. The summed E-state index contributed by atoms with van der Waals surface area (Å²) in [4.78, 5) is 25.0. The van der Waals surface area contributed by atoms with E-state index in [0.717, 1.165) is 12.8 Å². The molecule has 0 aliphatic carbocycles. The quantitative estimate of drug-likeness (QED) is 0.764. The minimum Gasteiger partial charge on any atom is -0.496 e. The molecule has 1 aliphatic heterocycles. The van der Waals surface area contributed by atoms with Gasteiger partial charge in [-0.3, -0.25) is 4.79 Å². The van der Waals surface area contributed by atoms with Crippen molar-refractivity contribution in [2.75, 3.05) is 20.3 Å². The fourth-order valence-corrected chi connectivity index (χ4v) is 2.81. The summed E-state index contributed by atoms with van der Waals surface area (Å²) < 4.78 is 21.3. The van der Waals surface area contributed by atoms with Gasteiger partial charge in [-0.05, 0) is 31.0 Å². The van der Waals surface area contributed by atoms with Gasteiger partial charge in [0, 0.05) is 18.7 Å². The Morgan fingerprint density at radius 2 is 2.12 bits per heavy atom. The SMILES string of the molecule is COc1ccccc1[C@@H](OC(=O)c1ccco1)C(=O)NC[C@@H]1CCCO1. The number of rotatable bonds is 7. The number of methoxy groups -OCH3 is 1. The minimum atomic E-state index is -1.16. The van der Waals surface area contributed by atoms with Gasteiger partial charge in [-0.2, -0.15) is 0 Å². The summed E-state index contributed by atoms with van der Waals surface area (Å²) >= 11 is 0. The number of benzene rings is 1. The maximum atomic E-state index is 12.7. The second kappa shape index (κ2) is 8.53. The maximum Gasteiger partial charge on any atom is 0.375 e. The highest BCUT2D eigenvalue weighted by Crippen LogP contribution is 2.28. The number of amides is 1. The van der Waals surface area contributed by atoms with Crippen LogP contribution in [0.2, 0.25) is 0 Å². The molecule has 26 heavy (non-hydrogen) atoms. The second-order valence-corrected chi connectivity index (χ2v) is 5.88. The van der Waals surface area contributed by atoms with E-state index < -0.39 is 18.0 Å². The molecule has 1 aliphatic rings. The maximum absolute atomic E-state index is 12.7. The van der Waals surface area contributed by atoms with Crippen LogP contribution >= 0.6 is 0 Å². The number of nitrogens with one attached hydrogen (secondary N) is 1. The molecule has 1 saturated heterocycles. The summed E-state index contributed by atoms with van der Waals surface area (Å²) in [5.41, 5.74) is 0.458. The van der Waals surface area contributed by atoms with Gasteiger partial charge in [0.05, 0.1) is 19.5 Å². The number of carbonyl (C=O) groups excluding carboxylic acids is 2. The summed E-state index contributed by atoms with van der Waals surface area (Å²) in [6.07, 6.45) is 2.06. The van der Waals surface area contributed by atoms with E-state index in [9.17, 15) is 9.59 Å². The van der Waals surface area contributed by atoms with Crippen LogP contribution in [-0.4, -0.2) is 38.2 Å². The largest absolute Gasteiger partial charge is 0.496 e. The monoisotopic (exact) mass is 359 g/mol. The first-order valence-corrected chi connectivity index (χ1v) is 8.45. The van der Waals surface area contributed by atoms with Crippen LogP contribution in [-0.2, 0) is 14.3 Å². The zero-order valence-electron chi connectivity index (χ0n) is 14.5. The standard InChI is InChI=1S/C19H21NO6/c1-23-15-8-3-2-7-14(15)17(26-19(22)16-9-5-11-25-16)18(21)20-12-13-6-4-10-24-13/h2-3,5,7-9,11,13,17H,4,6,10,12H2,1H3,(H,20,21)/t13-,17+/m0/s1. The fourth-order valence-electron chi connectivity index (χ4n) is 2.81. The van der Waals surface area contributed by atoms with Crippen LogP contribution in [0.25, 0.3) is 0 Å². The van der Waals surface area contributed by atoms with E-state index in [0.29, 0.717) is 24.5 Å². The second-order valence-electron chi connectivity index (χ2n) is 5.88. The van der Waals surface area contributed by atoms with Crippen molar-refractivity contribution in [3.8, 4) is 5.75 Å². The summed E-state index contributed by atoms with van der Waals surface area (Å²) in [5, 5.41) is 2.80. The normalized spacial score (nSPS) is 17.5. The lowest BCUT2D eigenvalue weighted by molar-refractivity contribution is -0.131. The van der Waals surface area contributed by atoms with Gasteiger partial charge in [-0.1, -0.05) is 18.2 Å². The van der Waals surface area contributed by atoms with Crippen LogP contribution in [0.1, 0.15) is 35.1 Å². The van der Waals surface area contributed by atoms with E-state index >= 15 is 0 Å². The van der Waals surface area contributed by atoms with Gasteiger partial charge in [0.2, 0.25) is 11.9 Å². The molecule has 7 heteroatoms. The third-order valence-electron chi connectivity index (χ3n) is 4.13. The van der Waals surface area contributed by atoms with Gasteiger partial charge < -0.3 is 23.9 Å². The highest BCUT2D eigenvalue weighted by atomic mass is 16.6. The Morgan fingerprint density at radius 3 is 2.81 bits per heavy atom. The Labute approximate surface area is 151 Å². The van der Waals surface area contributed by atoms with Crippen LogP contribution in [0.3, 0.4) is 0 Å². The molecular formula is C19H21NO6. The molecule has 0 saturated carbocycles. The molecule has 1 fully saturated rings. The van der Waals surface area contributed by atoms with E-state index in [-0.39, 0.29) is 11.9 Å². The van der Waals surface area contributed by atoms with E-state index in [4.69, 9.17) is 18.6 Å². The molecule has 0 unspecified atom stereocenters. The van der Waals surface area contributed by atoms with Crippen molar-refractivity contribution in [2.24, 2.45) is 0 Å². The number of esters is 1. The summed E-state index contributed by atoms with van der Waals surface area (Å²) in [6.45, 7) is 1.06. The number of hydrogen-bond donors (Lipinski definition) is 1. The molecule has 3 rings (SSSR count). The highest BCUT2D eigenvalue weighted by molar-refractivity contribution is 5.91. The molecule has 2 atom stereocenters. The Bertz CT molecular complexity index is 736. The van der Waals surface area contributed by atoms with Crippen molar-refractivity contribution in [1.29, 1.82) is 0 Å². The first-order valence-electron chi connectivity index (χ1n) is 8.45. The summed E-state index contributed by atoms with van der Waals surface area (Å²) in [5.74, 6) is -0.683. The molecule has 138 valence electrons. The highest BCUT2D eigenvalue weighted by Gasteiger charge is 2.30. The van der Waals surface area contributed by atoms with Crippen LogP contribution in [0.15, 0.2) is 47.1 Å². The average molecular weight is 359 g/mol. The van der Waals surface area contributed by atoms with Gasteiger partial charge in [0.1, 0.15) is 5.75 Å². The average Bonchev–Trinajstić information content (AvgIpc) is 3.38. The number of para-hydroxylation sites is 1. The van der Waals surface area contributed by atoms with Crippen molar-refractivity contribution in [3.05, 3.63) is 54.0 Å². The molecule has 1 aromatic carbocycles. The molecule has 0 radical (unpaired) electrons. The van der Waals surface area contributed by atoms with Gasteiger partial charge in [0.15, 0.2) is 0 Å². The predicted molar refractivity (Wildman–Crippen MR) is 91.8 cm³/mol. The Hall–Kier alpha value is -2.80. The van der Waals surface area contributed by atoms with Crippen LogP contribution < -0.4 is 10.1 Å². The summed E-state index contributed by atoms with van der Waals surface area (Å²) in [7, 11) is 1.49. The molecule has 0 spiro atoms. The third-order valence-corrected chi connectivity index (χ3v) is 4.13. The molecule has 0 bridgehead atoms. The van der Waals surface area contributed by atoms with Crippen molar-refractivity contribution < 1.29 is 28.2 Å². The topological polar surface area (TPSA) is 87.0 Å². The zero-order chi connectivity index (χ0) is 18.4. The van der Waals surface area contributed by atoms with Crippen molar-refractivity contribution >= 4 is 11.9 Å². The molecule has 1 aromatic heterocycles. The molecule has 2 aromatic rings. The molecule has 7 nitrogen and oxygen atoms in total. The van der Waals surface area contributed by atoms with E-state index in [1.165, 1.54) is 19.4 Å². The van der Waals surface area contributed by atoms with Crippen LogP contribution in [0.4, 0.5) is 0 Å². The van der Waals surface area contributed by atoms with Gasteiger partial charge in [0.25, 0.3) is 5.91 Å². The van der Waals surface area contributed by atoms with Crippen molar-refractivity contribution in [3.63, 3.8) is 0 Å². The minimum absolute atomic E-state index is 0.0157. The van der Waals surface area contributed by atoms with Gasteiger partial charge >= 0.3 is 5.97 Å². The van der Waals surface area contributed by atoms with Gasteiger partial charge in [-0.15, -0.1) is 0 Å².